The average Bonchev–Trinajstić information content (AvgIpc) is 3.07. The van der Waals surface area contributed by atoms with Crippen LogP contribution in [0.2, 0.25) is 0 Å². The van der Waals surface area contributed by atoms with Crippen LogP contribution in [0.15, 0.2) is 28.5 Å². The maximum absolute atomic E-state index is 12.8. The Hall–Kier alpha value is -1.77. The maximum Gasteiger partial charge on any atom is 0.251 e. The first-order valence-corrected chi connectivity index (χ1v) is 11.9. The molecule has 0 aliphatic carbocycles. The number of nitrogens with one attached hydrogen (secondary N) is 1. The van der Waals surface area contributed by atoms with Crippen molar-refractivity contribution in [3.63, 3.8) is 0 Å². The van der Waals surface area contributed by atoms with Crippen LogP contribution < -0.4 is 5.32 Å². The first-order valence-electron chi connectivity index (χ1n) is 9.59. The van der Waals surface area contributed by atoms with Crippen LogP contribution >= 0.6 is 11.3 Å². The van der Waals surface area contributed by atoms with Gasteiger partial charge in [0.25, 0.3) is 5.91 Å². The van der Waals surface area contributed by atoms with Crippen LogP contribution in [0.5, 0.6) is 0 Å². The fourth-order valence-electron chi connectivity index (χ4n) is 2.94. The predicted octanol–water partition coefficient (Wildman–Crippen LogP) is 3.54. The normalized spacial score (nSPS) is 11.8. The van der Waals surface area contributed by atoms with E-state index in [4.69, 9.17) is 0 Å². The van der Waals surface area contributed by atoms with Crippen LogP contribution in [0.4, 0.5) is 0 Å². The molecule has 1 heterocycles. The van der Waals surface area contributed by atoms with Gasteiger partial charge in [0.2, 0.25) is 10.0 Å². The quantitative estimate of drug-likeness (QED) is 0.593. The molecule has 154 valence electrons. The van der Waals surface area contributed by atoms with Gasteiger partial charge in [-0.3, -0.25) is 4.79 Å². The van der Waals surface area contributed by atoms with Gasteiger partial charge in [-0.15, -0.1) is 11.3 Å². The van der Waals surface area contributed by atoms with Gasteiger partial charge < -0.3 is 5.32 Å². The maximum atomic E-state index is 12.8. The van der Waals surface area contributed by atoms with Crippen molar-refractivity contribution in [3.8, 4) is 0 Å². The molecule has 8 heteroatoms. The second-order valence-electron chi connectivity index (χ2n) is 6.67. The number of hydrogen-bond acceptors (Lipinski definition) is 5. The van der Waals surface area contributed by atoms with E-state index >= 15 is 0 Å². The van der Waals surface area contributed by atoms with E-state index in [1.807, 2.05) is 12.3 Å². The Morgan fingerprint density at radius 1 is 1.18 bits per heavy atom. The molecule has 28 heavy (non-hydrogen) atoms. The molecule has 0 aliphatic rings. The fourth-order valence-corrected chi connectivity index (χ4v) is 5.47. The summed E-state index contributed by atoms with van der Waals surface area (Å²) in [7, 11) is -3.60. The monoisotopic (exact) mass is 423 g/mol. The highest BCUT2D eigenvalue weighted by atomic mass is 32.2. The minimum absolute atomic E-state index is 0.197. The van der Waals surface area contributed by atoms with Crippen molar-refractivity contribution in [3.05, 3.63) is 45.4 Å². The number of nitrogens with zero attached hydrogens (tertiary/aromatic N) is 2. The Morgan fingerprint density at radius 3 is 2.50 bits per heavy atom. The summed E-state index contributed by atoms with van der Waals surface area (Å²) in [6, 6.07) is 4.84. The van der Waals surface area contributed by atoms with E-state index in [1.54, 1.807) is 44.2 Å². The molecule has 0 atom stereocenters. The van der Waals surface area contributed by atoms with Gasteiger partial charge in [-0.2, -0.15) is 4.31 Å². The van der Waals surface area contributed by atoms with Gasteiger partial charge in [-0.25, -0.2) is 13.4 Å². The minimum atomic E-state index is -3.60. The van der Waals surface area contributed by atoms with E-state index in [1.165, 1.54) is 10.4 Å². The lowest BCUT2D eigenvalue weighted by atomic mass is 10.1. The van der Waals surface area contributed by atoms with Gasteiger partial charge in [-0.05, 0) is 50.8 Å². The molecule has 0 spiro atoms. The van der Waals surface area contributed by atoms with E-state index in [9.17, 15) is 13.2 Å². The number of hydrogen-bond donors (Lipinski definition) is 1. The lowest BCUT2D eigenvalue weighted by Gasteiger charge is -2.20. The number of thiazole rings is 1. The van der Waals surface area contributed by atoms with Crippen LogP contribution in [0.3, 0.4) is 0 Å². The summed E-state index contributed by atoms with van der Waals surface area (Å²) in [5.74, 6) is -0.249. The lowest BCUT2D eigenvalue weighted by molar-refractivity contribution is 0.0953. The number of aromatic nitrogens is 1. The molecule has 0 radical (unpaired) electrons. The van der Waals surface area contributed by atoms with E-state index in [0.29, 0.717) is 30.8 Å². The van der Waals surface area contributed by atoms with Crippen molar-refractivity contribution in [1.82, 2.24) is 14.6 Å². The molecule has 1 aromatic heterocycles. The number of aryl methyl sites for hydroxylation is 3. The molecular weight excluding hydrogens is 394 g/mol. The molecule has 1 N–H and O–H groups in total. The van der Waals surface area contributed by atoms with Crippen molar-refractivity contribution in [2.24, 2.45) is 0 Å². The number of sulfonamides is 1. The van der Waals surface area contributed by atoms with Crippen LogP contribution in [0.25, 0.3) is 0 Å². The summed E-state index contributed by atoms with van der Waals surface area (Å²) in [5.41, 5.74) is 2.05. The summed E-state index contributed by atoms with van der Waals surface area (Å²) in [6.07, 6.45) is 2.70. The summed E-state index contributed by atoms with van der Waals surface area (Å²) < 4.78 is 27.0. The Bertz CT molecular complexity index is 903. The largest absolute Gasteiger partial charge is 0.352 e. The van der Waals surface area contributed by atoms with Crippen LogP contribution in [-0.4, -0.2) is 43.2 Å². The first-order chi connectivity index (χ1) is 13.3. The van der Waals surface area contributed by atoms with Gasteiger partial charge in [0.05, 0.1) is 9.90 Å². The molecule has 0 aliphatic heterocycles. The van der Waals surface area contributed by atoms with Crippen LogP contribution in [-0.2, 0) is 16.4 Å². The third-order valence-corrected chi connectivity index (χ3v) is 7.76. The topological polar surface area (TPSA) is 79.4 Å². The lowest BCUT2D eigenvalue weighted by Crippen LogP contribution is -2.31. The van der Waals surface area contributed by atoms with Crippen molar-refractivity contribution >= 4 is 27.3 Å². The minimum Gasteiger partial charge on any atom is -0.352 e. The molecule has 6 nitrogen and oxygen atoms in total. The van der Waals surface area contributed by atoms with Gasteiger partial charge >= 0.3 is 0 Å². The van der Waals surface area contributed by atoms with Crippen LogP contribution in [0, 0.1) is 13.8 Å². The number of rotatable bonds is 10. The number of unbranched alkanes of at least 4 members (excludes halogenated alkanes) is 1. The summed E-state index contributed by atoms with van der Waals surface area (Å²) in [6.45, 7) is 8.69. The number of carbonyl (C=O) groups is 1. The molecular formula is C20H29N3O3S2. The summed E-state index contributed by atoms with van der Waals surface area (Å²) in [5, 5.41) is 6.04. The molecule has 1 amide bonds. The summed E-state index contributed by atoms with van der Waals surface area (Å²) >= 11 is 1.66. The number of carbonyl (C=O) groups excluding carboxylic acids is 1. The van der Waals surface area contributed by atoms with E-state index in [0.717, 1.165) is 30.0 Å². The molecule has 0 bridgehead atoms. The molecule has 0 unspecified atom stereocenters. The van der Waals surface area contributed by atoms with Gasteiger partial charge in [0, 0.05) is 36.3 Å². The Labute approximate surface area is 172 Å². The van der Waals surface area contributed by atoms with Gasteiger partial charge in [0.1, 0.15) is 0 Å². The molecule has 0 saturated carbocycles. The van der Waals surface area contributed by atoms with Gasteiger partial charge in [0.15, 0.2) is 0 Å². The van der Waals surface area contributed by atoms with E-state index in [-0.39, 0.29) is 10.8 Å². The second kappa shape index (κ2) is 10.1. The van der Waals surface area contributed by atoms with Crippen molar-refractivity contribution < 1.29 is 13.2 Å². The summed E-state index contributed by atoms with van der Waals surface area (Å²) in [4.78, 5) is 17.1. The predicted molar refractivity (Wildman–Crippen MR) is 113 cm³/mol. The highest BCUT2D eigenvalue weighted by molar-refractivity contribution is 7.89. The fraction of sp³-hybridized carbons (Fsp3) is 0.500. The Kier molecular flexibility index (Phi) is 8.15. The van der Waals surface area contributed by atoms with Crippen LogP contribution in [0.1, 0.15) is 53.3 Å². The third kappa shape index (κ3) is 5.62. The SMILES string of the molecule is CCN(CC)S(=O)(=O)c1cc(C(=O)NCCCCc2nc(C)cs2)ccc1C. The van der Waals surface area contributed by atoms with Crippen molar-refractivity contribution in [2.45, 2.75) is 51.9 Å². The number of amides is 1. The molecule has 0 fully saturated rings. The molecule has 2 aromatic rings. The standard InChI is InChI=1S/C20H29N3O3S2/c1-5-23(6-2)28(25,26)18-13-17(11-10-15(18)3)20(24)21-12-8-7-9-19-22-16(4)14-27-19/h10-11,13-14H,5-9,12H2,1-4H3,(H,21,24). The molecule has 2 rings (SSSR count). The highest BCUT2D eigenvalue weighted by Gasteiger charge is 2.24. The first kappa shape index (κ1) is 22.5. The highest BCUT2D eigenvalue weighted by Crippen LogP contribution is 2.21. The zero-order valence-corrected chi connectivity index (χ0v) is 18.6. The zero-order chi connectivity index (χ0) is 20.7. The zero-order valence-electron chi connectivity index (χ0n) is 17.0. The molecule has 1 aromatic carbocycles. The molecule has 0 saturated heterocycles. The second-order valence-corrected chi connectivity index (χ2v) is 9.51. The average molecular weight is 424 g/mol. The Morgan fingerprint density at radius 2 is 1.89 bits per heavy atom. The smallest absolute Gasteiger partial charge is 0.251 e. The number of benzene rings is 1. The van der Waals surface area contributed by atoms with Gasteiger partial charge in [-0.1, -0.05) is 19.9 Å². The van der Waals surface area contributed by atoms with Crippen molar-refractivity contribution in [2.75, 3.05) is 19.6 Å². The van der Waals surface area contributed by atoms with E-state index in [2.05, 4.69) is 10.3 Å². The third-order valence-electron chi connectivity index (χ3n) is 4.54. The Balaban J connectivity index is 1.96. The van der Waals surface area contributed by atoms with Crippen molar-refractivity contribution in [1.29, 1.82) is 0 Å². The van der Waals surface area contributed by atoms with E-state index < -0.39 is 10.0 Å².